The summed E-state index contributed by atoms with van der Waals surface area (Å²) in [7, 11) is 1.44. The van der Waals surface area contributed by atoms with Gasteiger partial charge in [0.1, 0.15) is 4.90 Å². The van der Waals surface area contributed by atoms with Crippen LogP contribution in [0.15, 0.2) is 29.2 Å². The predicted octanol–water partition coefficient (Wildman–Crippen LogP) is 2.33. The molecule has 1 unspecified atom stereocenters. The number of ether oxygens (including phenoxy) is 1. The SMILES string of the molecule is COC1(C)CCCN(c2ccccc2S(=O)(=O)N(C)C)CC1. The number of hydrogen-bond acceptors (Lipinski definition) is 4. The Morgan fingerprint density at radius 2 is 1.86 bits per heavy atom. The van der Waals surface area contributed by atoms with Gasteiger partial charge in [0, 0.05) is 34.3 Å². The first kappa shape index (κ1) is 17.2. The van der Waals surface area contributed by atoms with Crippen molar-refractivity contribution in [1.82, 2.24) is 4.31 Å². The molecule has 1 aromatic carbocycles. The summed E-state index contributed by atoms with van der Waals surface area (Å²) in [6.45, 7) is 3.77. The molecule has 1 fully saturated rings. The Labute approximate surface area is 133 Å². The number of benzene rings is 1. The van der Waals surface area contributed by atoms with E-state index in [1.165, 1.54) is 4.31 Å². The van der Waals surface area contributed by atoms with E-state index < -0.39 is 10.0 Å². The first-order valence-corrected chi connectivity index (χ1v) is 9.06. The van der Waals surface area contributed by atoms with Crippen LogP contribution in [-0.4, -0.2) is 52.6 Å². The summed E-state index contributed by atoms with van der Waals surface area (Å²) >= 11 is 0. The van der Waals surface area contributed by atoms with Crippen molar-refractivity contribution in [3.8, 4) is 0 Å². The lowest BCUT2D eigenvalue weighted by atomic mass is 9.97. The average Bonchev–Trinajstić information content (AvgIpc) is 2.70. The largest absolute Gasteiger partial charge is 0.378 e. The van der Waals surface area contributed by atoms with Crippen LogP contribution in [-0.2, 0) is 14.8 Å². The van der Waals surface area contributed by atoms with Gasteiger partial charge in [-0.1, -0.05) is 12.1 Å². The molecular formula is C16H26N2O3S. The monoisotopic (exact) mass is 326 g/mol. The highest BCUT2D eigenvalue weighted by atomic mass is 32.2. The number of para-hydroxylation sites is 1. The summed E-state index contributed by atoms with van der Waals surface area (Å²) in [5.41, 5.74) is 0.668. The molecule has 0 bridgehead atoms. The molecule has 2 rings (SSSR count). The standard InChI is InChI=1S/C16H26N2O3S/c1-16(21-4)10-7-12-18(13-11-16)14-8-5-6-9-15(14)22(19,20)17(2)3/h5-6,8-9H,7,10-13H2,1-4H3. The Bertz CT molecular complexity index is 616. The first-order chi connectivity index (χ1) is 10.3. The van der Waals surface area contributed by atoms with E-state index in [9.17, 15) is 8.42 Å². The predicted molar refractivity (Wildman–Crippen MR) is 88.8 cm³/mol. The van der Waals surface area contributed by atoms with Crippen molar-refractivity contribution in [3.63, 3.8) is 0 Å². The van der Waals surface area contributed by atoms with Crippen LogP contribution >= 0.6 is 0 Å². The van der Waals surface area contributed by atoms with Gasteiger partial charge in [0.2, 0.25) is 10.0 Å². The van der Waals surface area contributed by atoms with Gasteiger partial charge in [0.25, 0.3) is 0 Å². The Morgan fingerprint density at radius 1 is 1.18 bits per heavy atom. The highest BCUT2D eigenvalue weighted by Crippen LogP contribution is 2.32. The third-order valence-electron chi connectivity index (χ3n) is 4.50. The number of sulfonamides is 1. The van der Waals surface area contributed by atoms with Crippen molar-refractivity contribution < 1.29 is 13.2 Å². The second kappa shape index (κ2) is 6.56. The zero-order chi connectivity index (χ0) is 16.4. The van der Waals surface area contributed by atoms with Gasteiger partial charge in [-0.05, 0) is 38.3 Å². The lowest BCUT2D eigenvalue weighted by Crippen LogP contribution is -2.31. The van der Waals surface area contributed by atoms with Gasteiger partial charge in [-0.15, -0.1) is 0 Å². The van der Waals surface area contributed by atoms with Gasteiger partial charge >= 0.3 is 0 Å². The summed E-state index contributed by atoms with van der Waals surface area (Å²) in [4.78, 5) is 2.54. The summed E-state index contributed by atoms with van der Waals surface area (Å²) in [6.07, 6.45) is 2.86. The van der Waals surface area contributed by atoms with Crippen molar-refractivity contribution in [2.24, 2.45) is 0 Å². The minimum absolute atomic E-state index is 0.121. The molecule has 6 heteroatoms. The van der Waals surface area contributed by atoms with E-state index in [0.717, 1.165) is 38.0 Å². The molecule has 5 nitrogen and oxygen atoms in total. The lowest BCUT2D eigenvalue weighted by Gasteiger charge is -2.28. The molecule has 22 heavy (non-hydrogen) atoms. The fourth-order valence-electron chi connectivity index (χ4n) is 2.83. The average molecular weight is 326 g/mol. The lowest BCUT2D eigenvalue weighted by molar-refractivity contribution is -0.00330. The number of rotatable bonds is 4. The van der Waals surface area contributed by atoms with E-state index in [2.05, 4.69) is 11.8 Å². The Kier molecular flexibility index (Phi) is 5.14. The van der Waals surface area contributed by atoms with Gasteiger partial charge < -0.3 is 9.64 Å². The Balaban J connectivity index is 2.34. The van der Waals surface area contributed by atoms with Gasteiger partial charge in [0.05, 0.1) is 11.3 Å². The molecular weight excluding hydrogens is 300 g/mol. The number of anilines is 1. The first-order valence-electron chi connectivity index (χ1n) is 7.62. The van der Waals surface area contributed by atoms with E-state index in [1.54, 1.807) is 33.3 Å². The van der Waals surface area contributed by atoms with E-state index in [1.807, 2.05) is 12.1 Å². The van der Waals surface area contributed by atoms with Crippen molar-refractivity contribution in [1.29, 1.82) is 0 Å². The molecule has 0 aliphatic carbocycles. The minimum Gasteiger partial charge on any atom is -0.378 e. The zero-order valence-corrected chi connectivity index (χ0v) is 14.7. The maximum absolute atomic E-state index is 12.5. The third kappa shape index (κ3) is 3.45. The molecule has 1 aliphatic rings. The molecule has 0 amide bonds. The molecule has 1 saturated heterocycles. The van der Waals surface area contributed by atoms with Crippen molar-refractivity contribution in [2.45, 2.75) is 36.7 Å². The second-order valence-corrected chi connectivity index (χ2v) is 8.37. The van der Waals surface area contributed by atoms with Gasteiger partial charge in [-0.25, -0.2) is 12.7 Å². The van der Waals surface area contributed by atoms with Crippen LogP contribution in [0, 0.1) is 0 Å². The second-order valence-electron chi connectivity index (χ2n) is 6.25. The number of nitrogens with zero attached hydrogens (tertiary/aromatic N) is 2. The minimum atomic E-state index is -3.44. The smallest absolute Gasteiger partial charge is 0.244 e. The number of hydrogen-bond donors (Lipinski definition) is 0. The molecule has 1 heterocycles. The molecule has 0 aromatic heterocycles. The van der Waals surface area contributed by atoms with Crippen molar-refractivity contribution in [2.75, 3.05) is 39.2 Å². The van der Waals surface area contributed by atoms with Crippen molar-refractivity contribution >= 4 is 15.7 Å². The molecule has 0 spiro atoms. The molecule has 124 valence electrons. The summed E-state index contributed by atoms with van der Waals surface area (Å²) < 4.78 is 32.0. The highest BCUT2D eigenvalue weighted by molar-refractivity contribution is 7.89. The van der Waals surface area contributed by atoms with E-state index in [-0.39, 0.29) is 5.60 Å². The van der Waals surface area contributed by atoms with Gasteiger partial charge in [0.15, 0.2) is 0 Å². The Hall–Kier alpha value is -1.11. The molecule has 0 saturated carbocycles. The summed E-state index contributed by atoms with van der Waals surface area (Å²) in [5, 5.41) is 0. The fraction of sp³-hybridized carbons (Fsp3) is 0.625. The Morgan fingerprint density at radius 3 is 2.50 bits per heavy atom. The van der Waals surface area contributed by atoms with E-state index in [0.29, 0.717) is 4.90 Å². The molecule has 1 atom stereocenters. The van der Waals surface area contributed by atoms with E-state index >= 15 is 0 Å². The third-order valence-corrected chi connectivity index (χ3v) is 6.36. The summed E-state index contributed by atoms with van der Waals surface area (Å²) in [5.74, 6) is 0. The van der Waals surface area contributed by atoms with Crippen LogP contribution in [0.25, 0.3) is 0 Å². The van der Waals surface area contributed by atoms with Crippen LogP contribution in [0.2, 0.25) is 0 Å². The maximum atomic E-state index is 12.5. The zero-order valence-electron chi connectivity index (χ0n) is 13.9. The van der Waals surface area contributed by atoms with Crippen LogP contribution in [0.4, 0.5) is 5.69 Å². The molecule has 1 aromatic rings. The van der Waals surface area contributed by atoms with Crippen molar-refractivity contribution in [3.05, 3.63) is 24.3 Å². The highest BCUT2D eigenvalue weighted by Gasteiger charge is 2.30. The van der Waals surface area contributed by atoms with E-state index in [4.69, 9.17) is 4.74 Å². The molecule has 0 N–H and O–H groups in total. The fourth-order valence-corrected chi connectivity index (χ4v) is 3.94. The molecule has 0 radical (unpaired) electrons. The van der Waals surface area contributed by atoms with Gasteiger partial charge in [-0.3, -0.25) is 0 Å². The molecule has 1 aliphatic heterocycles. The van der Waals surface area contributed by atoms with Crippen LogP contribution in [0.5, 0.6) is 0 Å². The summed E-state index contributed by atoms with van der Waals surface area (Å²) in [6, 6.07) is 7.25. The quantitative estimate of drug-likeness (QED) is 0.852. The topological polar surface area (TPSA) is 49.9 Å². The van der Waals surface area contributed by atoms with Crippen LogP contribution in [0.3, 0.4) is 0 Å². The maximum Gasteiger partial charge on any atom is 0.244 e. The normalized spacial score (nSPS) is 23.6. The van der Waals surface area contributed by atoms with Gasteiger partial charge in [-0.2, -0.15) is 0 Å². The van der Waals surface area contributed by atoms with Crippen LogP contribution in [0.1, 0.15) is 26.2 Å². The van der Waals surface area contributed by atoms with Crippen LogP contribution < -0.4 is 4.90 Å². The number of methoxy groups -OCH3 is 1.